The molecular formula is C32H25FN6O3. The maximum absolute atomic E-state index is 13.7. The molecule has 3 aromatic carbocycles. The van der Waals surface area contributed by atoms with Crippen molar-refractivity contribution in [2.24, 2.45) is 0 Å². The first kappa shape index (κ1) is 25.5. The Bertz CT molecular complexity index is 1930. The van der Waals surface area contributed by atoms with E-state index in [9.17, 15) is 9.18 Å². The van der Waals surface area contributed by atoms with Crippen molar-refractivity contribution in [1.29, 1.82) is 0 Å². The molecule has 7 rings (SSSR count). The van der Waals surface area contributed by atoms with Crippen LogP contribution in [0.4, 0.5) is 10.1 Å². The zero-order valence-corrected chi connectivity index (χ0v) is 22.5. The smallest absolute Gasteiger partial charge is 0.255 e. The number of nitrogen functional groups attached to an aromatic ring is 1. The molecule has 1 aliphatic rings. The second kappa shape index (κ2) is 9.84. The van der Waals surface area contributed by atoms with Gasteiger partial charge in [0.2, 0.25) is 0 Å². The van der Waals surface area contributed by atoms with Crippen LogP contribution in [0.1, 0.15) is 29.0 Å². The highest BCUT2D eigenvalue weighted by Crippen LogP contribution is 2.45. The summed E-state index contributed by atoms with van der Waals surface area (Å²) in [6.07, 6.45) is 8.22. The van der Waals surface area contributed by atoms with Gasteiger partial charge in [-0.15, -0.1) is 0 Å². The zero-order valence-electron chi connectivity index (χ0n) is 22.5. The topological polar surface area (TPSA) is 132 Å². The number of benzene rings is 3. The Kier molecular flexibility index (Phi) is 5.97. The van der Waals surface area contributed by atoms with Gasteiger partial charge in [0.1, 0.15) is 34.3 Å². The number of carbonyl (C=O) groups is 1. The van der Waals surface area contributed by atoms with Crippen molar-refractivity contribution in [2.45, 2.75) is 18.4 Å². The number of imidazole rings is 1. The number of aromatic amines is 1. The Hall–Kier alpha value is -5.51. The quantitative estimate of drug-likeness (QED) is 0.201. The number of fused-ring (bicyclic) bond motifs is 1. The zero-order chi connectivity index (χ0) is 28.8. The number of hydrogen-bond donors (Lipinski definition) is 3. The first-order valence-corrected chi connectivity index (χ1v) is 13.4. The summed E-state index contributed by atoms with van der Waals surface area (Å²) in [5.74, 6) is 1.51. The van der Waals surface area contributed by atoms with Gasteiger partial charge in [0, 0.05) is 53.1 Å². The fourth-order valence-electron chi connectivity index (χ4n) is 5.26. The van der Waals surface area contributed by atoms with Gasteiger partial charge in [0.25, 0.3) is 5.91 Å². The molecule has 3 aromatic heterocycles. The highest BCUT2D eigenvalue weighted by molar-refractivity contribution is 6.05. The lowest BCUT2D eigenvalue weighted by Gasteiger charge is -2.18. The molecule has 10 heteroatoms. The van der Waals surface area contributed by atoms with Crippen LogP contribution >= 0.6 is 0 Å². The largest absolute Gasteiger partial charge is 0.496 e. The van der Waals surface area contributed by atoms with Crippen LogP contribution in [0.15, 0.2) is 89.9 Å². The Morgan fingerprint density at radius 3 is 2.48 bits per heavy atom. The molecule has 1 saturated carbocycles. The van der Waals surface area contributed by atoms with Crippen LogP contribution in [-0.4, -0.2) is 33.0 Å². The maximum atomic E-state index is 13.7. The number of H-pyrrole nitrogens is 1. The number of aromatic nitrogens is 4. The molecule has 1 aliphatic carbocycles. The van der Waals surface area contributed by atoms with E-state index >= 15 is 0 Å². The fourth-order valence-corrected chi connectivity index (χ4v) is 5.26. The van der Waals surface area contributed by atoms with E-state index in [2.05, 4.69) is 25.3 Å². The Morgan fingerprint density at radius 1 is 1.02 bits per heavy atom. The van der Waals surface area contributed by atoms with Crippen molar-refractivity contribution in [2.75, 3.05) is 12.8 Å². The van der Waals surface area contributed by atoms with Crippen molar-refractivity contribution in [1.82, 2.24) is 25.3 Å². The molecule has 0 unspecified atom stereocenters. The average molecular weight is 561 g/mol. The van der Waals surface area contributed by atoms with E-state index in [1.807, 2.05) is 12.1 Å². The van der Waals surface area contributed by atoms with Gasteiger partial charge in [-0.05, 0) is 66.9 Å². The lowest BCUT2D eigenvalue weighted by molar-refractivity contribution is 0.0925. The van der Waals surface area contributed by atoms with Gasteiger partial charge < -0.3 is 25.2 Å². The molecule has 1 fully saturated rings. The van der Waals surface area contributed by atoms with Crippen LogP contribution in [0.3, 0.4) is 0 Å². The third kappa shape index (κ3) is 4.33. The third-order valence-corrected chi connectivity index (χ3v) is 7.55. The molecule has 0 aliphatic heterocycles. The Balaban J connectivity index is 1.33. The van der Waals surface area contributed by atoms with Crippen LogP contribution in [0.2, 0.25) is 0 Å². The van der Waals surface area contributed by atoms with Crippen molar-refractivity contribution in [3.05, 3.63) is 103 Å². The van der Waals surface area contributed by atoms with Crippen molar-refractivity contribution >= 4 is 22.6 Å². The highest BCUT2D eigenvalue weighted by atomic mass is 19.1. The summed E-state index contributed by atoms with van der Waals surface area (Å²) in [5.41, 5.74) is 10.2. The number of rotatable bonds is 7. The van der Waals surface area contributed by atoms with Gasteiger partial charge in [-0.3, -0.25) is 4.79 Å². The fraction of sp³-hybridized carbons (Fsp3) is 0.125. The molecule has 1 amide bonds. The molecule has 208 valence electrons. The van der Waals surface area contributed by atoms with Crippen LogP contribution in [0.25, 0.3) is 44.8 Å². The molecule has 9 nitrogen and oxygen atoms in total. The standard InChI is InChI=1S/C32H25FN6O3/c1-41-25-8-5-19(15-23(25)30(40)39-32(9-10-32)31-37-11-2-12-38-31)21-16-22-26(17-24(21)34)42-28(18-3-6-20(33)7-4-18)27(22)29-35-13-14-36-29/h2-8,11-17H,9-10,34H2,1H3,(H,35,36)(H,39,40). The van der Waals surface area contributed by atoms with E-state index in [1.165, 1.54) is 19.2 Å². The molecule has 0 saturated heterocycles. The van der Waals surface area contributed by atoms with Crippen LogP contribution in [0, 0.1) is 5.82 Å². The molecule has 0 atom stereocenters. The van der Waals surface area contributed by atoms with Gasteiger partial charge in [-0.2, -0.15) is 0 Å². The van der Waals surface area contributed by atoms with Gasteiger partial charge in [0.05, 0.1) is 18.2 Å². The van der Waals surface area contributed by atoms with E-state index in [1.54, 1.807) is 61.2 Å². The van der Waals surface area contributed by atoms with Crippen LogP contribution in [0.5, 0.6) is 5.75 Å². The predicted molar refractivity (Wildman–Crippen MR) is 156 cm³/mol. The first-order valence-electron chi connectivity index (χ1n) is 13.4. The molecule has 42 heavy (non-hydrogen) atoms. The molecular weight excluding hydrogens is 535 g/mol. The van der Waals surface area contributed by atoms with Crippen molar-refractivity contribution < 1.29 is 18.3 Å². The Labute approximate surface area is 239 Å². The predicted octanol–water partition coefficient (Wildman–Crippen LogP) is 6.10. The molecule has 0 spiro atoms. The summed E-state index contributed by atoms with van der Waals surface area (Å²) in [7, 11) is 1.53. The molecule has 3 heterocycles. The van der Waals surface area contributed by atoms with E-state index in [0.717, 1.165) is 23.8 Å². The summed E-state index contributed by atoms with van der Waals surface area (Å²) in [6, 6.07) is 16.9. The lowest BCUT2D eigenvalue weighted by Crippen LogP contribution is -2.36. The monoisotopic (exact) mass is 560 g/mol. The summed E-state index contributed by atoms with van der Waals surface area (Å²) in [6.45, 7) is 0. The number of nitrogens with one attached hydrogen (secondary N) is 2. The first-order chi connectivity index (χ1) is 20.5. The number of hydrogen-bond acceptors (Lipinski definition) is 7. The summed E-state index contributed by atoms with van der Waals surface area (Å²) in [5, 5.41) is 3.88. The minimum absolute atomic E-state index is 0.295. The SMILES string of the molecule is COc1ccc(-c2cc3c(-c4ncc[nH]4)c(-c4ccc(F)cc4)oc3cc2N)cc1C(=O)NC1(c2ncccn2)CC1. The van der Waals surface area contributed by atoms with Crippen LogP contribution < -0.4 is 15.8 Å². The number of furan rings is 1. The summed E-state index contributed by atoms with van der Waals surface area (Å²) >= 11 is 0. The minimum Gasteiger partial charge on any atom is -0.496 e. The van der Waals surface area contributed by atoms with Gasteiger partial charge in [-0.1, -0.05) is 6.07 Å². The number of carbonyl (C=O) groups excluding carboxylic acids is 1. The number of halogens is 1. The van der Waals surface area contributed by atoms with Crippen LogP contribution in [-0.2, 0) is 5.54 Å². The number of amides is 1. The number of nitrogens with zero attached hydrogens (tertiary/aromatic N) is 3. The normalized spacial score (nSPS) is 13.7. The molecule has 0 radical (unpaired) electrons. The summed E-state index contributed by atoms with van der Waals surface area (Å²) in [4.78, 5) is 29.9. The third-order valence-electron chi connectivity index (χ3n) is 7.55. The average Bonchev–Trinajstić information content (AvgIpc) is 3.41. The maximum Gasteiger partial charge on any atom is 0.255 e. The van der Waals surface area contributed by atoms with Gasteiger partial charge in [-0.25, -0.2) is 19.3 Å². The molecule has 4 N–H and O–H groups in total. The number of methoxy groups -OCH3 is 1. The number of ether oxygens (including phenoxy) is 1. The Morgan fingerprint density at radius 2 is 1.79 bits per heavy atom. The number of anilines is 1. The van der Waals surface area contributed by atoms with E-state index in [4.69, 9.17) is 14.9 Å². The molecule has 0 bridgehead atoms. The van der Waals surface area contributed by atoms with E-state index < -0.39 is 5.54 Å². The van der Waals surface area contributed by atoms with Crippen molar-refractivity contribution in [3.8, 4) is 39.6 Å². The lowest BCUT2D eigenvalue weighted by atomic mass is 9.97. The number of nitrogens with two attached hydrogens (primary N) is 1. The second-order valence-electron chi connectivity index (χ2n) is 10.2. The van der Waals surface area contributed by atoms with Gasteiger partial charge >= 0.3 is 0 Å². The van der Waals surface area contributed by atoms with Crippen molar-refractivity contribution in [3.63, 3.8) is 0 Å². The highest BCUT2D eigenvalue weighted by Gasteiger charge is 2.48. The second-order valence-corrected chi connectivity index (χ2v) is 10.2. The molecule has 6 aromatic rings. The summed E-state index contributed by atoms with van der Waals surface area (Å²) < 4.78 is 25.5. The van der Waals surface area contributed by atoms with E-state index in [-0.39, 0.29) is 11.7 Å². The van der Waals surface area contributed by atoms with E-state index in [0.29, 0.717) is 56.7 Å². The minimum atomic E-state index is -0.594. The van der Waals surface area contributed by atoms with Gasteiger partial charge in [0.15, 0.2) is 5.82 Å².